The molecule has 2 nitrogen and oxygen atoms in total. The lowest BCUT2D eigenvalue weighted by Gasteiger charge is -2.16. The van der Waals surface area contributed by atoms with Crippen molar-refractivity contribution >= 4 is 11.8 Å². The van der Waals surface area contributed by atoms with E-state index in [1.54, 1.807) is 7.11 Å². The minimum atomic E-state index is 0.387. The number of thioether (sulfide) groups is 1. The topological polar surface area (TPSA) is 35.2 Å². The van der Waals surface area contributed by atoms with Crippen LogP contribution in [0.2, 0.25) is 0 Å². The normalized spacial score (nSPS) is 12.1. The summed E-state index contributed by atoms with van der Waals surface area (Å²) in [5, 5.41) is 0.387. The fourth-order valence-electron chi connectivity index (χ4n) is 1.95. The lowest BCUT2D eigenvalue weighted by molar-refractivity contribution is 0.413. The SMILES string of the molecule is COc1cccc(SC(CCN)c2ccccc2)c1. The molecule has 0 spiro atoms. The van der Waals surface area contributed by atoms with Crippen molar-refractivity contribution in [3.63, 3.8) is 0 Å². The van der Waals surface area contributed by atoms with Crippen LogP contribution in [0.1, 0.15) is 17.2 Å². The summed E-state index contributed by atoms with van der Waals surface area (Å²) in [6, 6.07) is 18.7. The third kappa shape index (κ3) is 4.01. The highest BCUT2D eigenvalue weighted by Crippen LogP contribution is 2.38. The van der Waals surface area contributed by atoms with Crippen molar-refractivity contribution < 1.29 is 4.74 Å². The molecule has 1 atom stereocenters. The molecule has 0 amide bonds. The Labute approximate surface area is 119 Å². The molecule has 0 aliphatic rings. The molecule has 0 aliphatic carbocycles. The first-order chi connectivity index (χ1) is 9.33. The van der Waals surface area contributed by atoms with Crippen molar-refractivity contribution in [2.45, 2.75) is 16.6 Å². The van der Waals surface area contributed by atoms with Gasteiger partial charge in [-0.2, -0.15) is 0 Å². The minimum Gasteiger partial charge on any atom is -0.497 e. The van der Waals surface area contributed by atoms with Crippen LogP contribution in [-0.2, 0) is 0 Å². The Morgan fingerprint density at radius 3 is 2.58 bits per heavy atom. The fraction of sp³-hybridized carbons (Fsp3) is 0.250. The van der Waals surface area contributed by atoms with Gasteiger partial charge >= 0.3 is 0 Å². The summed E-state index contributed by atoms with van der Waals surface area (Å²) in [5.74, 6) is 0.893. The molecule has 2 rings (SSSR count). The number of rotatable bonds is 6. The van der Waals surface area contributed by atoms with E-state index in [1.165, 1.54) is 10.5 Å². The number of nitrogens with two attached hydrogens (primary N) is 1. The van der Waals surface area contributed by atoms with Crippen molar-refractivity contribution in [3.05, 3.63) is 60.2 Å². The lowest BCUT2D eigenvalue weighted by atomic mass is 10.1. The van der Waals surface area contributed by atoms with Crippen LogP contribution < -0.4 is 10.5 Å². The molecule has 0 bridgehead atoms. The summed E-state index contributed by atoms with van der Waals surface area (Å²) < 4.78 is 5.26. The van der Waals surface area contributed by atoms with E-state index < -0.39 is 0 Å². The van der Waals surface area contributed by atoms with Crippen LogP contribution in [0.5, 0.6) is 5.75 Å². The highest BCUT2D eigenvalue weighted by atomic mass is 32.2. The third-order valence-corrected chi connectivity index (χ3v) is 4.24. The summed E-state index contributed by atoms with van der Waals surface area (Å²) in [7, 11) is 1.69. The highest BCUT2D eigenvalue weighted by Gasteiger charge is 2.12. The average Bonchev–Trinajstić information content (AvgIpc) is 2.48. The van der Waals surface area contributed by atoms with Crippen LogP contribution in [0, 0.1) is 0 Å². The van der Waals surface area contributed by atoms with Gasteiger partial charge in [0.1, 0.15) is 5.75 Å². The van der Waals surface area contributed by atoms with Gasteiger partial charge in [-0.05, 0) is 36.7 Å². The molecule has 2 aromatic rings. The molecule has 2 N–H and O–H groups in total. The zero-order valence-electron chi connectivity index (χ0n) is 11.1. The zero-order chi connectivity index (χ0) is 13.5. The highest BCUT2D eigenvalue weighted by molar-refractivity contribution is 7.99. The average molecular weight is 273 g/mol. The second-order valence-electron chi connectivity index (χ2n) is 4.27. The molecule has 0 saturated carbocycles. The van der Waals surface area contributed by atoms with Gasteiger partial charge < -0.3 is 10.5 Å². The van der Waals surface area contributed by atoms with Crippen LogP contribution in [0.4, 0.5) is 0 Å². The number of benzene rings is 2. The second kappa shape index (κ2) is 7.22. The van der Waals surface area contributed by atoms with Crippen LogP contribution in [0.3, 0.4) is 0 Å². The van der Waals surface area contributed by atoms with E-state index in [1.807, 2.05) is 30.0 Å². The van der Waals surface area contributed by atoms with E-state index in [0.717, 1.165) is 12.2 Å². The molecule has 3 heteroatoms. The second-order valence-corrected chi connectivity index (χ2v) is 5.55. The predicted molar refractivity (Wildman–Crippen MR) is 81.7 cm³/mol. The van der Waals surface area contributed by atoms with E-state index in [-0.39, 0.29) is 0 Å². The van der Waals surface area contributed by atoms with Crippen LogP contribution in [0.25, 0.3) is 0 Å². The van der Waals surface area contributed by atoms with E-state index >= 15 is 0 Å². The smallest absolute Gasteiger partial charge is 0.119 e. The number of hydrogen-bond donors (Lipinski definition) is 1. The monoisotopic (exact) mass is 273 g/mol. The summed E-state index contributed by atoms with van der Waals surface area (Å²) in [4.78, 5) is 1.21. The largest absolute Gasteiger partial charge is 0.497 e. The Balaban J connectivity index is 2.16. The fourth-order valence-corrected chi connectivity index (χ4v) is 3.17. The molecule has 0 aromatic heterocycles. The molecule has 0 fully saturated rings. The van der Waals surface area contributed by atoms with Gasteiger partial charge in [0.25, 0.3) is 0 Å². The van der Waals surface area contributed by atoms with Gasteiger partial charge in [0.05, 0.1) is 7.11 Å². The summed E-state index contributed by atoms with van der Waals surface area (Å²) in [6.45, 7) is 0.691. The Morgan fingerprint density at radius 1 is 1.11 bits per heavy atom. The first-order valence-corrected chi connectivity index (χ1v) is 7.27. The first-order valence-electron chi connectivity index (χ1n) is 6.39. The van der Waals surface area contributed by atoms with Gasteiger partial charge in [-0.3, -0.25) is 0 Å². The standard InChI is InChI=1S/C16H19NOS/c1-18-14-8-5-9-15(12-14)19-16(10-11-17)13-6-3-2-4-7-13/h2-9,12,16H,10-11,17H2,1H3. The van der Waals surface area contributed by atoms with E-state index in [2.05, 4.69) is 36.4 Å². The maximum Gasteiger partial charge on any atom is 0.119 e. The van der Waals surface area contributed by atoms with Gasteiger partial charge in [0, 0.05) is 10.1 Å². The van der Waals surface area contributed by atoms with Crippen molar-refractivity contribution in [1.29, 1.82) is 0 Å². The van der Waals surface area contributed by atoms with E-state index in [0.29, 0.717) is 11.8 Å². The molecule has 0 aliphatic heterocycles. The van der Waals surface area contributed by atoms with Gasteiger partial charge in [-0.15, -0.1) is 11.8 Å². The molecule has 1 unspecified atom stereocenters. The van der Waals surface area contributed by atoms with Crippen molar-refractivity contribution in [2.75, 3.05) is 13.7 Å². The summed E-state index contributed by atoms with van der Waals surface area (Å²) in [6.07, 6.45) is 0.964. The predicted octanol–water partition coefficient (Wildman–Crippen LogP) is 3.88. The van der Waals surface area contributed by atoms with Gasteiger partial charge in [0.2, 0.25) is 0 Å². The molecule has 19 heavy (non-hydrogen) atoms. The Kier molecular flexibility index (Phi) is 5.31. The van der Waals surface area contributed by atoms with Gasteiger partial charge in [-0.1, -0.05) is 36.4 Å². The third-order valence-electron chi connectivity index (χ3n) is 2.92. The molecule has 0 heterocycles. The summed E-state index contributed by atoms with van der Waals surface area (Å²) in [5.41, 5.74) is 7.06. The van der Waals surface area contributed by atoms with Crippen LogP contribution in [0.15, 0.2) is 59.5 Å². The Bertz CT molecular complexity index is 501. The van der Waals surface area contributed by atoms with Crippen LogP contribution >= 0.6 is 11.8 Å². The number of methoxy groups -OCH3 is 1. The molecular weight excluding hydrogens is 254 g/mol. The van der Waals surface area contributed by atoms with Crippen molar-refractivity contribution in [1.82, 2.24) is 0 Å². The Hall–Kier alpha value is -1.45. The van der Waals surface area contributed by atoms with Gasteiger partial charge in [-0.25, -0.2) is 0 Å². The van der Waals surface area contributed by atoms with Gasteiger partial charge in [0.15, 0.2) is 0 Å². The molecular formula is C16H19NOS. The molecule has 100 valence electrons. The number of ether oxygens (including phenoxy) is 1. The molecule has 0 radical (unpaired) electrons. The van der Waals surface area contributed by atoms with Crippen molar-refractivity contribution in [2.24, 2.45) is 5.73 Å². The summed E-state index contributed by atoms with van der Waals surface area (Å²) >= 11 is 1.84. The lowest BCUT2D eigenvalue weighted by Crippen LogP contribution is -2.04. The Morgan fingerprint density at radius 2 is 1.89 bits per heavy atom. The number of hydrogen-bond acceptors (Lipinski definition) is 3. The molecule has 2 aromatic carbocycles. The molecule has 0 saturated heterocycles. The van der Waals surface area contributed by atoms with E-state index in [9.17, 15) is 0 Å². The zero-order valence-corrected chi connectivity index (χ0v) is 11.9. The van der Waals surface area contributed by atoms with Crippen molar-refractivity contribution in [3.8, 4) is 5.75 Å². The maximum absolute atomic E-state index is 5.74. The first kappa shape index (κ1) is 14.0. The quantitative estimate of drug-likeness (QED) is 0.811. The minimum absolute atomic E-state index is 0.387. The van der Waals surface area contributed by atoms with Crippen LogP contribution in [-0.4, -0.2) is 13.7 Å². The maximum atomic E-state index is 5.74. The van der Waals surface area contributed by atoms with E-state index in [4.69, 9.17) is 10.5 Å².